The van der Waals surface area contributed by atoms with Crippen LogP contribution in [0.3, 0.4) is 0 Å². The molecule has 1 N–H and O–H groups in total. The Morgan fingerprint density at radius 2 is 1.86 bits per heavy atom. The van der Waals surface area contributed by atoms with Gasteiger partial charge in [-0.25, -0.2) is 4.79 Å². The molecule has 1 unspecified atom stereocenters. The van der Waals surface area contributed by atoms with Crippen LogP contribution < -0.4 is 5.32 Å². The van der Waals surface area contributed by atoms with Gasteiger partial charge in [0, 0.05) is 6.42 Å². The number of hydrogen-bond donors (Lipinski definition) is 1. The Bertz CT molecular complexity index is 489. The smallest absolute Gasteiger partial charge is 0.464 e. The normalized spacial score (nSPS) is 12.5. The summed E-state index contributed by atoms with van der Waals surface area (Å²) < 4.78 is 42.0. The van der Waals surface area contributed by atoms with Crippen LogP contribution in [-0.4, -0.2) is 30.7 Å². The summed E-state index contributed by atoms with van der Waals surface area (Å²) in [7, 11) is 0. The van der Waals surface area contributed by atoms with Crippen molar-refractivity contribution in [3.05, 3.63) is 35.9 Å². The Labute approximate surface area is 126 Å². The first-order valence-electron chi connectivity index (χ1n) is 6.92. The fourth-order valence-corrected chi connectivity index (χ4v) is 1.70. The van der Waals surface area contributed by atoms with Crippen molar-refractivity contribution < 1.29 is 27.5 Å². The molecule has 0 spiro atoms. The van der Waals surface area contributed by atoms with Crippen molar-refractivity contribution in [1.82, 2.24) is 5.32 Å². The molecule has 1 amide bonds. The van der Waals surface area contributed by atoms with Gasteiger partial charge in [-0.05, 0) is 12.0 Å². The summed E-state index contributed by atoms with van der Waals surface area (Å²) in [5.74, 6) is -3.02. The van der Waals surface area contributed by atoms with E-state index in [4.69, 9.17) is 4.74 Å². The Kier molecular flexibility index (Phi) is 6.88. The minimum atomic E-state index is -5.04. The van der Waals surface area contributed by atoms with E-state index in [0.29, 0.717) is 12.0 Å². The molecule has 0 saturated carbocycles. The minimum absolute atomic E-state index is 0.0619. The van der Waals surface area contributed by atoms with Gasteiger partial charge in [0.1, 0.15) is 6.04 Å². The highest BCUT2D eigenvalue weighted by Gasteiger charge is 2.41. The van der Waals surface area contributed by atoms with Crippen LogP contribution in [0.5, 0.6) is 0 Å². The summed E-state index contributed by atoms with van der Waals surface area (Å²) in [6.45, 7) is 2.00. The SMILES string of the molecule is CCCCOC(=O)C(Cc1ccccc1)NC(=O)C(F)(F)F. The number of unbranched alkanes of at least 4 members (excludes halogenated alkanes) is 1. The van der Waals surface area contributed by atoms with Crippen molar-refractivity contribution in [3.8, 4) is 0 Å². The third-order valence-electron chi connectivity index (χ3n) is 2.87. The molecule has 1 aromatic rings. The second-order valence-electron chi connectivity index (χ2n) is 4.73. The number of halogens is 3. The van der Waals surface area contributed by atoms with E-state index >= 15 is 0 Å². The number of amides is 1. The molecule has 1 atom stereocenters. The Hall–Kier alpha value is -2.05. The molecule has 4 nitrogen and oxygen atoms in total. The van der Waals surface area contributed by atoms with E-state index in [-0.39, 0.29) is 13.0 Å². The fourth-order valence-electron chi connectivity index (χ4n) is 1.70. The molecular weight excluding hydrogens is 299 g/mol. The number of esters is 1. The standard InChI is InChI=1S/C15H18F3NO3/c1-2-3-9-22-13(20)12(19-14(21)15(16,17)18)10-11-7-5-4-6-8-11/h4-8,12H,2-3,9-10H2,1H3,(H,19,21). The molecule has 122 valence electrons. The molecule has 0 aliphatic carbocycles. The first-order valence-corrected chi connectivity index (χ1v) is 6.92. The quantitative estimate of drug-likeness (QED) is 0.621. The number of benzene rings is 1. The largest absolute Gasteiger partial charge is 0.471 e. The zero-order chi connectivity index (χ0) is 16.6. The molecule has 0 bridgehead atoms. The van der Waals surface area contributed by atoms with Gasteiger partial charge in [0.05, 0.1) is 6.61 Å². The molecule has 0 fully saturated rings. The minimum Gasteiger partial charge on any atom is -0.464 e. The number of carbonyl (C=O) groups is 2. The number of nitrogens with one attached hydrogen (secondary N) is 1. The zero-order valence-electron chi connectivity index (χ0n) is 12.2. The van der Waals surface area contributed by atoms with Crippen molar-refractivity contribution in [2.75, 3.05) is 6.61 Å². The molecule has 0 radical (unpaired) electrons. The Morgan fingerprint density at radius 3 is 2.41 bits per heavy atom. The zero-order valence-corrected chi connectivity index (χ0v) is 12.2. The van der Waals surface area contributed by atoms with Gasteiger partial charge >= 0.3 is 18.1 Å². The van der Waals surface area contributed by atoms with Crippen LogP contribution in [0, 0.1) is 0 Å². The van der Waals surface area contributed by atoms with Gasteiger partial charge in [-0.3, -0.25) is 4.79 Å². The first-order chi connectivity index (χ1) is 10.3. The number of carbonyl (C=O) groups excluding carboxylic acids is 2. The highest BCUT2D eigenvalue weighted by atomic mass is 19.4. The lowest BCUT2D eigenvalue weighted by molar-refractivity contribution is -0.175. The number of ether oxygens (including phenoxy) is 1. The van der Waals surface area contributed by atoms with Crippen molar-refractivity contribution in [3.63, 3.8) is 0 Å². The van der Waals surface area contributed by atoms with Gasteiger partial charge in [-0.1, -0.05) is 43.7 Å². The number of alkyl halides is 3. The second-order valence-corrected chi connectivity index (χ2v) is 4.73. The molecule has 1 rings (SSSR count). The third-order valence-corrected chi connectivity index (χ3v) is 2.87. The molecule has 22 heavy (non-hydrogen) atoms. The van der Waals surface area contributed by atoms with Crippen LogP contribution in [-0.2, 0) is 20.7 Å². The lowest BCUT2D eigenvalue weighted by Crippen LogP contribution is -2.48. The topological polar surface area (TPSA) is 55.4 Å². The molecular formula is C15H18F3NO3. The monoisotopic (exact) mass is 317 g/mol. The van der Waals surface area contributed by atoms with E-state index in [0.717, 1.165) is 6.42 Å². The summed E-state index contributed by atoms with van der Waals surface area (Å²) in [4.78, 5) is 22.9. The van der Waals surface area contributed by atoms with Crippen LogP contribution in [0.15, 0.2) is 30.3 Å². The van der Waals surface area contributed by atoms with Crippen molar-refractivity contribution in [1.29, 1.82) is 0 Å². The van der Waals surface area contributed by atoms with Gasteiger partial charge in [0.15, 0.2) is 0 Å². The summed E-state index contributed by atoms with van der Waals surface area (Å²) in [5.41, 5.74) is 0.627. The van der Waals surface area contributed by atoms with E-state index in [2.05, 4.69) is 0 Å². The van der Waals surface area contributed by atoms with Crippen LogP contribution in [0.2, 0.25) is 0 Å². The summed E-state index contributed by atoms with van der Waals surface area (Å²) in [5, 5.41) is 1.69. The highest BCUT2D eigenvalue weighted by molar-refractivity contribution is 5.87. The van der Waals surface area contributed by atoms with Crippen molar-refractivity contribution >= 4 is 11.9 Å². The van der Waals surface area contributed by atoms with Crippen molar-refractivity contribution in [2.45, 2.75) is 38.4 Å². The van der Waals surface area contributed by atoms with E-state index in [9.17, 15) is 22.8 Å². The molecule has 0 saturated heterocycles. The van der Waals surface area contributed by atoms with Crippen LogP contribution >= 0.6 is 0 Å². The van der Waals surface area contributed by atoms with E-state index < -0.39 is 24.1 Å². The lowest BCUT2D eigenvalue weighted by Gasteiger charge is -2.18. The first kappa shape index (κ1) is 18.0. The molecule has 7 heteroatoms. The summed E-state index contributed by atoms with van der Waals surface area (Å²) >= 11 is 0. The maximum Gasteiger partial charge on any atom is 0.471 e. The molecule has 0 heterocycles. The van der Waals surface area contributed by atoms with Gasteiger partial charge in [-0.2, -0.15) is 13.2 Å². The van der Waals surface area contributed by atoms with E-state index in [1.54, 1.807) is 35.6 Å². The summed E-state index contributed by atoms with van der Waals surface area (Å²) in [6.07, 6.45) is -3.71. The van der Waals surface area contributed by atoms with Gasteiger partial charge < -0.3 is 10.1 Å². The Morgan fingerprint density at radius 1 is 1.23 bits per heavy atom. The second kappa shape index (κ2) is 8.41. The fraction of sp³-hybridized carbons (Fsp3) is 0.467. The number of rotatable bonds is 7. The van der Waals surface area contributed by atoms with Gasteiger partial charge in [-0.15, -0.1) is 0 Å². The molecule has 1 aromatic carbocycles. The molecule has 0 aliphatic heterocycles. The lowest BCUT2D eigenvalue weighted by atomic mass is 10.1. The third kappa shape index (κ3) is 6.15. The van der Waals surface area contributed by atoms with E-state index in [1.165, 1.54) is 0 Å². The molecule has 0 aliphatic rings. The predicted octanol–water partition coefficient (Wildman–Crippen LogP) is 2.62. The average Bonchev–Trinajstić information content (AvgIpc) is 2.46. The maximum atomic E-state index is 12.4. The summed E-state index contributed by atoms with van der Waals surface area (Å²) in [6, 6.07) is 7.08. The Balaban J connectivity index is 2.76. The molecule has 0 aromatic heterocycles. The number of hydrogen-bond acceptors (Lipinski definition) is 3. The van der Waals surface area contributed by atoms with Crippen LogP contribution in [0.4, 0.5) is 13.2 Å². The van der Waals surface area contributed by atoms with Crippen molar-refractivity contribution in [2.24, 2.45) is 0 Å². The van der Waals surface area contributed by atoms with Gasteiger partial charge in [0.2, 0.25) is 0 Å². The van der Waals surface area contributed by atoms with Crippen LogP contribution in [0.1, 0.15) is 25.3 Å². The van der Waals surface area contributed by atoms with Gasteiger partial charge in [0.25, 0.3) is 0 Å². The maximum absolute atomic E-state index is 12.4. The van der Waals surface area contributed by atoms with E-state index in [1.807, 2.05) is 6.92 Å². The highest BCUT2D eigenvalue weighted by Crippen LogP contribution is 2.15. The predicted molar refractivity (Wildman–Crippen MR) is 74.0 cm³/mol. The van der Waals surface area contributed by atoms with Crippen LogP contribution in [0.25, 0.3) is 0 Å². The average molecular weight is 317 g/mol.